The molecule has 2 heterocycles. The van der Waals surface area contributed by atoms with Crippen LogP contribution in [0.3, 0.4) is 0 Å². The van der Waals surface area contributed by atoms with Gasteiger partial charge in [-0.3, -0.25) is 4.40 Å². The Labute approximate surface area is 126 Å². The van der Waals surface area contributed by atoms with Gasteiger partial charge in [-0.25, -0.2) is 0 Å². The van der Waals surface area contributed by atoms with Gasteiger partial charge in [0.05, 0.1) is 11.3 Å². The van der Waals surface area contributed by atoms with Crippen molar-refractivity contribution in [2.75, 3.05) is 11.9 Å². The first-order valence-corrected chi connectivity index (χ1v) is 6.88. The minimum Gasteiger partial charge on any atom is -0.384 e. The largest absolute Gasteiger partial charge is 0.384 e. The number of anilines is 1. The van der Waals surface area contributed by atoms with E-state index in [0.29, 0.717) is 23.6 Å². The molecule has 0 aliphatic carbocycles. The Morgan fingerprint density at radius 2 is 2.14 bits per heavy atom. The lowest BCUT2D eigenvalue weighted by Gasteiger charge is -2.07. The molecule has 3 rings (SSSR count). The van der Waals surface area contributed by atoms with Crippen LogP contribution < -0.4 is 5.32 Å². The molecule has 0 aliphatic rings. The van der Waals surface area contributed by atoms with Gasteiger partial charge in [0.2, 0.25) is 0 Å². The third-order valence-electron chi connectivity index (χ3n) is 3.15. The van der Waals surface area contributed by atoms with Crippen molar-refractivity contribution in [1.82, 2.24) is 14.6 Å². The standard InChI is InChI=1S/C15H12ClN5/c16-12-4-5-13(11(9-12)10-17)18-7-6-15-20-19-14-3-1-2-8-21(14)15/h1-5,8-9,18H,6-7H2. The van der Waals surface area contributed by atoms with Crippen molar-refractivity contribution in [3.63, 3.8) is 0 Å². The molecular formula is C15H12ClN5. The minimum atomic E-state index is 0.536. The zero-order valence-corrected chi connectivity index (χ0v) is 11.9. The molecule has 0 radical (unpaired) electrons. The molecule has 21 heavy (non-hydrogen) atoms. The Hall–Kier alpha value is -2.58. The van der Waals surface area contributed by atoms with Crippen LogP contribution in [0.1, 0.15) is 11.4 Å². The Morgan fingerprint density at radius 1 is 1.24 bits per heavy atom. The second-order valence-electron chi connectivity index (χ2n) is 4.52. The van der Waals surface area contributed by atoms with Crippen molar-refractivity contribution in [2.45, 2.75) is 6.42 Å². The molecule has 0 amide bonds. The second kappa shape index (κ2) is 5.81. The van der Waals surface area contributed by atoms with E-state index in [1.165, 1.54) is 0 Å². The maximum absolute atomic E-state index is 9.09. The van der Waals surface area contributed by atoms with Gasteiger partial charge in [0, 0.05) is 24.2 Å². The number of nitrogens with one attached hydrogen (secondary N) is 1. The van der Waals surface area contributed by atoms with E-state index in [0.717, 1.165) is 17.2 Å². The summed E-state index contributed by atoms with van der Waals surface area (Å²) in [5.41, 5.74) is 2.14. The summed E-state index contributed by atoms with van der Waals surface area (Å²) in [5, 5.41) is 21.2. The number of nitrogens with zero attached hydrogens (tertiary/aromatic N) is 4. The lowest BCUT2D eigenvalue weighted by molar-refractivity contribution is 0.871. The fourth-order valence-corrected chi connectivity index (χ4v) is 2.31. The fourth-order valence-electron chi connectivity index (χ4n) is 2.13. The number of halogens is 1. The van der Waals surface area contributed by atoms with E-state index in [-0.39, 0.29) is 0 Å². The molecule has 1 aromatic carbocycles. The Morgan fingerprint density at radius 3 is 3.00 bits per heavy atom. The topological polar surface area (TPSA) is 66.0 Å². The highest BCUT2D eigenvalue weighted by Gasteiger charge is 2.06. The normalized spacial score (nSPS) is 10.5. The van der Waals surface area contributed by atoms with E-state index >= 15 is 0 Å². The maximum Gasteiger partial charge on any atom is 0.160 e. The molecule has 0 unspecified atom stereocenters. The molecule has 0 saturated carbocycles. The first kappa shape index (κ1) is 13.4. The van der Waals surface area contributed by atoms with Gasteiger partial charge in [0.25, 0.3) is 0 Å². The zero-order valence-electron chi connectivity index (χ0n) is 11.1. The molecule has 3 aromatic rings. The molecular weight excluding hydrogens is 286 g/mol. The summed E-state index contributed by atoms with van der Waals surface area (Å²) in [7, 11) is 0. The summed E-state index contributed by atoms with van der Waals surface area (Å²) in [6, 6.07) is 13.1. The Kier molecular flexibility index (Phi) is 3.71. The number of fused-ring (bicyclic) bond motifs is 1. The average Bonchev–Trinajstić information content (AvgIpc) is 2.92. The molecule has 6 heteroatoms. The maximum atomic E-state index is 9.09. The highest BCUT2D eigenvalue weighted by molar-refractivity contribution is 6.30. The summed E-state index contributed by atoms with van der Waals surface area (Å²) < 4.78 is 1.95. The van der Waals surface area contributed by atoms with Crippen LogP contribution in [-0.2, 0) is 6.42 Å². The number of hydrogen-bond acceptors (Lipinski definition) is 4. The van der Waals surface area contributed by atoms with Crippen molar-refractivity contribution in [1.29, 1.82) is 5.26 Å². The quantitative estimate of drug-likeness (QED) is 0.804. The van der Waals surface area contributed by atoms with E-state index in [2.05, 4.69) is 21.6 Å². The number of rotatable bonds is 4. The fraction of sp³-hybridized carbons (Fsp3) is 0.133. The summed E-state index contributed by atoms with van der Waals surface area (Å²) >= 11 is 5.88. The van der Waals surface area contributed by atoms with Crippen LogP contribution in [0, 0.1) is 11.3 Å². The number of pyridine rings is 1. The number of benzene rings is 1. The third-order valence-corrected chi connectivity index (χ3v) is 3.39. The van der Waals surface area contributed by atoms with E-state index in [4.69, 9.17) is 16.9 Å². The van der Waals surface area contributed by atoms with Gasteiger partial charge in [-0.05, 0) is 30.3 Å². The lowest BCUT2D eigenvalue weighted by Crippen LogP contribution is -2.08. The van der Waals surface area contributed by atoms with Gasteiger partial charge in [0.1, 0.15) is 11.9 Å². The average molecular weight is 298 g/mol. The van der Waals surface area contributed by atoms with E-state index in [9.17, 15) is 0 Å². The molecule has 0 aliphatic heterocycles. The van der Waals surface area contributed by atoms with Crippen LogP contribution >= 0.6 is 11.6 Å². The molecule has 0 fully saturated rings. The molecule has 0 saturated heterocycles. The number of hydrogen-bond donors (Lipinski definition) is 1. The first-order chi connectivity index (χ1) is 10.3. The van der Waals surface area contributed by atoms with Crippen LogP contribution in [0.4, 0.5) is 5.69 Å². The van der Waals surface area contributed by atoms with E-state index in [1.54, 1.807) is 12.1 Å². The SMILES string of the molecule is N#Cc1cc(Cl)ccc1NCCc1nnc2ccccn12. The minimum absolute atomic E-state index is 0.536. The molecule has 1 N–H and O–H groups in total. The smallest absolute Gasteiger partial charge is 0.160 e. The Bertz CT molecular complexity index is 818. The second-order valence-corrected chi connectivity index (χ2v) is 4.96. The van der Waals surface area contributed by atoms with Crippen LogP contribution in [0.5, 0.6) is 0 Å². The zero-order chi connectivity index (χ0) is 14.7. The number of nitriles is 1. The van der Waals surface area contributed by atoms with Crippen LogP contribution in [0.25, 0.3) is 5.65 Å². The molecule has 5 nitrogen and oxygen atoms in total. The molecule has 2 aromatic heterocycles. The summed E-state index contributed by atoms with van der Waals surface area (Å²) in [6.07, 6.45) is 2.65. The van der Waals surface area contributed by atoms with E-state index < -0.39 is 0 Å². The van der Waals surface area contributed by atoms with Crippen molar-refractivity contribution < 1.29 is 0 Å². The van der Waals surface area contributed by atoms with Crippen molar-refractivity contribution >= 4 is 22.9 Å². The van der Waals surface area contributed by atoms with Gasteiger partial charge in [-0.2, -0.15) is 5.26 Å². The van der Waals surface area contributed by atoms with Crippen molar-refractivity contribution in [3.05, 3.63) is 59.0 Å². The van der Waals surface area contributed by atoms with Crippen LogP contribution in [-0.4, -0.2) is 21.1 Å². The monoisotopic (exact) mass is 297 g/mol. The highest BCUT2D eigenvalue weighted by Crippen LogP contribution is 2.19. The third kappa shape index (κ3) is 2.81. The predicted molar refractivity (Wildman–Crippen MR) is 81.3 cm³/mol. The van der Waals surface area contributed by atoms with Gasteiger partial charge < -0.3 is 5.32 Å². The highest BCUT2D eigenvalue weighted by atomic mass is 35.5. The van der Waals surface area contributed by atoms with Crippen LogP contribution in [0.2, 0.25) is 5.02 Å². The van der Waals surface area contributed by atoms with Crippen molar-refractivity contribution in [3.8, 4) is 6.07 Å². The lowest BCUT2D eigenvalue weighted by atomic mass is 10.2. The summed E-state index contributed by atoms with van der Waals surface area (Å²) in [5.74, 6) is 0.880. The molecule has 0 atom stereocenters. The summed E-state index contributed by atoms with van der Waals surface area (Å²) in [4.78, 5) is 0. The van der Waals surface area contributed by atoms with Crippen LogP contribution in [0.15, 0.2) is 42.6 Å². The molecule has 0 spiro atoms. The first-order valence-electron chi connectivity index (χ1n) is 6.50. The van der Waals surface area contributed by atoms with Gasteiger partial charge in [-0.15, -0.1) is 10.2 Å². The molecule has 0 bridgehead atoms. The van der Waals surface area contributed by atoms with Gasteiger partial charge in [0.15, 0.2) is 5.65 Å². The Balaban J connectivity index is 1.71. The van der Waals surface area contributed by atoms with E-state index in [1.807, 2.05) is 34.9 Å². The van der Waals surface area contributed by atoms with Crippen molar-refractivity contribution in [2.24, 2.45) is 0 Å². The van der Waals surface area contributed by atoms with Gasteiger partial charge in [-0.1, -0.05) is 17.7 Å². The number of aromatic nitrogens is 3. The predicted octanol–water partition coefficient (Wildman–Crippen LogP) is 2.91. The van der Waals surface area contributed by atoms with Gasteiger partial charge >= 0.3 is 0 Å². The summed E-state index contributed by atoms with van der Waals surface area (Å²) in [6.45, 7) is 0.659. The molecule has 104 valence electrons.